The van der Waals surface area contributed by atoms with Gasteiger partial charge in [-0.2, -0.15) is 0 Å². The van der Waals surface area contributed by atoms with E-state index in [1.54, 1.807) is 0 Å². The molecule has 3 N–H and O–H groups in total. The Morgan fingerprint density at radius 1 is 1.25 bits per heavy atom. The lowest BCUT2D eigenvalue weighted by Gasteiger charge is -2.26. The van der Waals surface area contributed by atoms with Gasteiger partial charge in [0.15, 0.2) is 0 Å². The Hall–Kier alpha value is -1.59. The molecule has 1 aromatic rings. The minimum absolute atomic E-state index is 0.0345. The molecule has 1 aromatic carbocycles. The molecule has 1 aliphatic carbocycles. The first-order valence-corrected chi connectivity index (χ1v) is 9.03. The second-order valence-corrected chi connectivity index (χ2v) is 7.02. The van der Waals surface area contributed by atoms with Crippen LogP contribution in [-0.2, 0) is 9.53 Å². The monoisotopic (exact) mass is 332 g/mol. The third-order valence-corrected chi connectivity index (χ3v) is 4.99. The Kier molecular flexibility index (Phi) is 5.74. The van der Waals surface area contributed by atoms with Gasteiger partial charge in [-0.05, 0) is 49.9 Å². The Bertz CT molecular complexity index is 570. The standard InChI is InChI=1S/C19H28N2O3/c1-13-11-16(21-19(22)14-3-2-4-15(20)12-14)5-6-18(13)24-17-7-9-23-10-8-17/h5-6,11,14-15,17H,2-4,7-10,12,20H2,1H3,(H,21,22). The van der Waals surface area contributed by atoms with Crippen LogP contribution in [0.25, 0.3) is 0 Å². The van der Waals surface area contributed by atoms with Crippen molar-refractivity contribution < 1.29 is 14.3 Å². The quantitative estimate of drug-likeness (QED) is 0.889. The lowest BCUT2D eigenvalue weighted by atomic mass is 9.85. The SMILES string of the molecule is Cc1cc(NC(=O)C2CCCC(N)C2)ccc1OC1CCOCC1. The predicted octanol–water partition coefficient (Wildman–Crippen LogP) is 3.01. The number of aryl methyl sites for hydroxylation is 1. The number of carbonyl (C=O) groups excluding carboxylic acids is 1. The third kappa shape index (κ3) is 4.48. The molecule has 0 radical (unpaired) electrons. The zero-order chi connectivity index (χ0) is 16.9. The summed E-state index contributed by atoms with van der Waals surface area (Å²) in [6.45, 7) is 3.55. The number of hydrogen-bond acceptors (Lipinski definition) is 4. The molecule has 1 saturated heterocycles. The summed E-state index contributed by atoms with van der Waals surface area (Å²) in [5, 5.41) is 3.03. The highest BCUT2D eigenvalue weighted by Gasteiger charge is 2.25. The highest BCUT2D eigenvalue weighted by atomic mass is 16.5. The number of rotatable bonds is 4. The Labute approximate surface area is 143 Å². The van der Waals surface area contributed by atoms with Gasteiger partial charge >= 0.3 is 0 Å². The highest BCUT2D eigenvalue weighted by molar-refractivity contribution is 5.92. The van der Waals surface area contributed by atoms with Crippen LogP contribution in [-0.4, -0.2) is 31.3 Å². The second kappa shape index (κ2) is 7.99. The molecule has 0 spiro atoms. The average molecular weight is 332 g/mol. The molecule has 2 unspecified atom stereocenters. The number of nitrogens with two attached hydrogens (primary N) is 1. The summed E-state index contributed by atoms with van der Waals surface area (Å²) >= 11 is 0. The fourth-order valence-electron chi connectivity index (χ4n) is 3.54. The van der Waals surface area contributed by atoms with Crippen molar-refractivity contribution in [2.75, 3.05) is 18.5 Å². The molecule has 2 atom stereocenters. The first kappa shape index (κ1) is 17.2. The van der Waals surface area contributed by atoms with Gasteiger partial charge < -0.3 is 20.5 Å². The first-order chi connectivity index (χ1) is 11.6. The lowest BCUT2D eigenvalue weighted by molar-refractivity contribution is -0.120. The van der Waals surface area contributed by atoms with Crippen LogP contribution in [0, 0.1) is 12.8 Å². The zero-order valence-corrected chi connectivity index (χ0v) is 14.4. The maximum absolute atomic E-state index is 12.4. The smallest absolute Gasteiger partial charge is 0.227 e. The number of hydrogen-bond donors (Lipinski definition) is 2. The van der Waals surface area contributed by atoms with Crippen molar-refractivity contribution >= 4 is 11.6 Å². The van der Waals surface area contributed by atoms with Gasteiger partial charge in [0.05, 0.1) is 13.2 Å². The van der Waals surface area contributed by atoms with Gasteiger partial charge in [-0.1, -0.05) is 6.42 Å². The highest BCUT2D eigenvalue weighted by Crippen LogP contribution is 2.27. The van der Waals surface area contributed by atoms with Crippen molar-refractivity contribution in [3.63, 3.8) is 0 Å². The molecule has 132 valence electrons. The molecular weight excluding hydrogens is 304 g/mol. The van der Waals surface area contributed by atoms with E-state index in [4.69, 9.17) is 15.2 Å². The molecule has 24 heavy (non-hydrogen) atoms. The normalized spacial score (nSPS) is 25.2. The minimum Gasteiger partial charge on any atom is -0.490 e. The van der Waals surface area contributed by atoms with E-state index in [-0.39, 0.29) is 24.0 Å². The van der Waals surface area contributed by atoms with Crippen molar-refractivity contribution in [2.24, 2.45) is 11.7 Å². The van der Waals surface area contributed by atoms with Gasteiger partial charge in [-0.3, -0.25) is 4.79 Å². The molecular formula is C19H28N2O3. The van der Waals surface area contributed by atoms with Gasteiger partial charge in [0.1, 0.15) is 11.9 Å². The summed E-state index contributed by atoms with van der Waals surface area (Å²) in [5.74, 6) is 1.01. The molecule has 2 aliphatic rings. The summed E-state index contributed by atoms with van der Waals surface area (Å²) in [6, 6.07) is 6.01. The number of ether oxygens (including phenoxy) is 2. The number of carbonyl (C=O) groups is 1. The van der Waals surface area contributed by atoms with E-state index in [0.717, 1.165) is 68.7 Å². The first-order valence-electron chi connectivity index (χ1n) is 9.03. The van der Waals surface area contributed by atoms with Crippen LogP contribution in [0.1, 0.15) is 44.1 Å². The predicted molar refractivity (Wildman–Crippen MR) is 94.2 cm³/mol. The molecule has 0 aromatic heterocycles. The summed E-state index contributed by atoms with van der Waals surface area (Å²) in [5.41, 5.74) is 7.85. The lowest BCUT2D eigenvalue weighted by Crippen LogP contribution is -2.34. The van der Waals surface area contributed by atoms with Crippen molar-refractivity contribution in [3.8, 4) is 5.75 Å². The van der Waals surface area contributed by atoms with E-state index < -0.39 is 0 Å². The second-order valence-electron chi connectivity index (χ2n) is 7.02. The van der Waals surface area contributed by atoms with E-state index in [9.17, 15) is 4.79 Å². The maximum Gasteiger partial charge on any atom is 0.227 e. The minimum atomic E-state index is 0.0345. The maximum atomic E-state index is 12.4. The van der Waals surface area contributed by atoms with Gasteiger partial charge in [0.2, 0.25) is 5.91 Å². The van der Waals surface area contributed by atoms with Gasteiger partial charge in [-0.15, -0.1) is 0 Å². The van der Waals surface area contributed by atoms with Crippen LogP contribution in [0.5, 0.6) is 5.75 Å². The number of nitrogens with one attached hydrogen (secondary N) is 1. The fourth-order valence-corrected chi connectivity index (χ4v) is 3.54. The Balaban J connectivity index is 1.58. The third-order valence-electron chi connectivity index (χ3n) is 4.99. The molecule has 5 heteroatoms. The van der Waals surface area contributed by atoms with Crippen LogP contribution >= 0.6 is 0 Å². The fraction of sp³-hybridized carbons (Fsp3) is 0.632. The van der Waals surface area contributed by atoms with Crippen molar-refractivity contribution in [1.82, 2.24) is 0 Å². The van der Waals surface area contributed by atoms with Crippen LogP contribution in [0.3, 0.4) is 0 Å². The largest absolute Gasteiger partial charge is 0.490 e. The molecule has 1 aliphatic heterocycles. The Morgan fingerprint density at radius 2 is 2.04 bits per heavy atom. The van der Waals surface area contributed by atoms with Gasteiger partial charge in [0, 0.05) is 30.5 Å². The molecule has 3 rings (SSSR count). The Morgan fingerprint density at radius 3 is 2.75 bits per heavy atom. The van der Waals surface area contributed by atoms with Crippen LogP contribution in [0.4, 0.5) is 5.69 Å². The van der Waals surface area contributed by atoms with E-state index in [1.807, 2.05) is 25.1 Å². The number of benzene rings is 1. The van der Waals surface area contributed by atoms with Crippen molar-refractivity contribution in [1.29, 1.82) is 0 Å². The van der Waals surface area contributed by atoms with Crippen molar-refractivity contribution in [2.45, 2.75) is 57.6 Å². The van der Waals surface area contributed by atoms with E-state index >= 15 is 0 Å². The van der Waals surface area contributed by atoms with E-state index in [1.165, 1.54) is 0 Å². The van der Waals surface area contributed by atoms with Crippen molar-refractivity contribution in [3.05, 3.63) is 23.8 Å². The summed E-state index contributed by atoms with van der Waals surface area (Å²) in [7, 11) is 0. The van der Waals surface area contributed by atoms with E-state index in [0.29, 0.717) is 0 Å². The summed E-state index contributed by atoms with van der Waals surface area (Å²) in [6.07, 6.45) is 5.87. The molecule has 2 fully saturated rings. The molecule has 5 nitrogen and oxygen atoms in total. The molecule has 1 amide bonds. The van der Waals surface area contributed by atoms with Crippen LogP contribution in [0.15, 0.2) is 18.2 Å². The topological polar surface area (TPSA) is 73.6 Å². The van der Waals surface area contributed by atoms with Crippen LogP contribution < -0.4 is 15.8 Å². The zero-order valence-electron chi connectivity index (χ0n) is 14.4. The molecule has 0 bridgehead atoms. The summed E-state index contributed by atoms with van der Waals surface area (Å²) in [4.78, 5) is 12.4. The van der Waals surface area contributed by atoms with Crippen LogP contribution in [0.2, 0.25) is 0 Å². The molecule has 1 saturated carbocycles. The van der Waals surface area contributed by atoms with Gasteiger partial charge in [0.25, 0.3) is 0 Å². The number of anilines is 1. The number of amides is 1. The van der Waals surface area contributed by atoms with Gasteiger partial charge in [-0.25, -0.2) is 0 Å². The summed E-state index contributed by atoms with van der Waals surface area (Å²) < 4.78 is 11.4. The average Bonchev–Trinajstić information content (AvgIpc) is 2.58. The molecule has 1 heterocycles. The van der Waals surface area contributed by atoms with E-state index in [2.05, 4.69) is 5.32 Å².